The molecular weight excluding hydrogens is 382 g/mol. The van der Waals surface area contributed by atoms with E-state index < -0.39 is 19.3 Å². The molecule has 0 bridgehead atoms. The molecule has 2 rings (SSSR count). The Labute approximate surface area is 155 Å². The van der Waals surface area contributed by atoms with E-state index in [2.05, 4.69) is 10.3 Å². The minimum Gasteiger partial charge on any atom is -0.397 e. The topological polar surface area (TPSA) is 86.5 Å². The van der Waals surface area contributed by atoms with E-state index in [1.807, 2.05) is 0 Å². The normalized spacial score (nSPS) is 12.2. The van der Waals surface area contributed by atoms with Gasteiger partial charge in [-0.3, -0.25) is 9.55 Å². The molecule has 0 saturated carbocycles. The minimum atomic E-state index is -4.59. The third kappa shape index (κ3) is 5.45. The zero-order valence-corrected chi connectivity index (χ0v) is 15.8. The largest absolute Gasteiger partial charge is 0.417 e. The summed E-state index contributed by atoms with van der Waals surface area (Å²) in [6, 6.07) is 5.16. The Kier molecular flexibility index (Phi) is 6.86. The molecule has 1 aromatic heterocycles. The average Bonchev–Trinajstić information content (AvgIpc) is 2.61. The van der Waals surface area contributed by atoms with Crippen molar-refractivity contribution in [3.8, 4) is 11.1 Å². The number of nitrogen functional groups attached to an aromatic ring is 1. The lowest BCUT2D eigenvalue weighted by Gasteiger charge is -2.20. The highest BCUT2D eigenvalue weighted by molar-refractivity contribution is 7.53. The fourth-order valence-corrected chi connectivity index (χ4v) is 3.88. The maximum Gasteiger partial charge on any atom is 0.417 e. The van der Waals surface area contributed by atoms with E-state index >= 15 is 0 Å². The minimum absolute atomic E-state index is 0.0880. The highest BCUT2D eigenvalue weighted by Gasteiger charge is 2.35. The molecule has 0 amide bonds. The van der Waals surface area contributed by atoms with Crippen LogP contribution in [0.4, 0.5) is 24.5 Å². The SMILES string of the molecule is CCOP(=O)(CNc1cc(-c2cccnc2)c(C(F)(F)F)cc1N)OCC. The van der Waals surface area contributed by atoms with E-state index in [1.165, 1.54) is 30.6 Å². The van der Waals surface area contributed by atoms with Crippen LogP contribution in [0.1, 0.15) is 19.4 Å². The summed E-state index contributed by atoms with van der Waals surface area (Å²) >= 11 is 0. The van der Waals surface area contributed by atoms with Gasteiger partial charge in [0.25, 0.3) is 0 Å². The van der Waals surface area contributed by atoms with Crippen molar-refractivity contribution >= 4 is 19.0 Å². The molecule has 0 spiro atoms. The molecule has 3 N–H and O–H groups in total. The van der Waals surface area contributed by atoms with Crippen LogP contribution >= 0.6 is 7.60 Å². The summed E-state index contributed by atoms with van der Waals surface area (Å²) in [6.07, 6.45) is -2.02. The van der Waals surface area contributed by atoms with Gasteiger partial charge in [0.05, 0.1) is 30.2 Å². The van der Waals surface area contributed by atoms with E-state index in [0.29, 0.717) is 0 Å². The summed E-state index contributed by atoms with van der Waals surface area (Å²) in [6.45, 7) is 3.67. The Balaban J connectivity index is 2.42. The first-order valence-corrected chi connectivity index (χ1v) is 9.96. The third-order valence-corrected chi connectivity index (χ3v) is 5.43. The fraction of sp³-hybridized carbons (Fsp3) is 0.353. The maximum atomic E-state index is 13.4. The first-order valence-electron chi connectivity index (χ1n) is 8.23. The van der Waals surface area contributed by atoms with Crippen LogP contribution in [0.15, 0.2) is 36.7 Å². The van der Waals surface area contributed by atoms with Crippen LogP contribution in [0.25, 0.3) is 11.1 Å². The van der Waals surface area contributed by atoms with E-state index in [9.17, 15) is 17.7 Å². The van der Waals surface area contributed by atoms with E-state index in [4.69, 9.17) is 14.8 Å². The van der Waals surface area contributed by atoms with Gasteiger partial charge in [-0.1, -0.05) is 6.07 Å². The maximum absolute atomic E-state index is 13.4. The van der Waals surface area contributed by atoms with Gasteiger partial charge in [0.2, 0.25) is 0 Å². The van der Waals surface area contributed by atoms with Crippen LogP contribution in [0.2, 0.25) is 0 Å². The van der Waals surface area contributed by atoms with Crippen LogP contribution < -0.4 is 11.1 Å². The van der Waals surface area contributed by atoms with Crippen molar-refractivity contribution in [3.05, 3.63) is 42.2 Å². The van der Waals surface area contributed by atoms with Crippen molar-refractivity contribution in [1.82, 2.24) is 4.98 Å². The highest BCUT2D eigenvalue weighted by atomic mass is 31.2. The molecule has 148 valence electrons. The summed E-state index contributed by atoms with van der Waals surface area (Å²) in [4.78, 5) is 3.87. The molecule has 0 aliphatic heterocycles. The van der Waals surface area contributed by atoms with E-state index in [-0.39, 0.29) is 42.0 Å². The second kappa shape index (κ2) is 8.73. The lowest BCUT2D eigenvalue weighted by atomic mass is 9.99. The number of nitrogens with zero attached hydrogens (tertiary/aromatic N) is 1. The van der Waals surface area contributed by atoms with Gasteiger partial charge in [-0.05, 0) is 37.6 Å². The quantitative estimate of drug-likeness (QED) is 0.477. The average molecular weight is 403 g/mol. The Hall–Kier alpha value is -2.09. The van der Waals surface area contributed by atoms with Gasteiger partial charge in [0.15, 0.2) is 0 Å². The lowest BCUT2D eigenvalue weighted by molar-refractivity contribution is -0.137. The number of hydrogen-bond acceptors (Lipinski definition) is 6. The van der Waals surface area contributed by atoms with Crippen molar-refractivity contribution in [2.24, 2.45) is 0 Å². The zero-order chi connectivity index (χ0) is 20.1. The van der Waals surface area contributed by atoms with Crippen LogP contribution in [0.5, 0.6) is 0 Å². The number of halogens is 3. The van der Waals surface area contributed by atoms with Crippen LogP contribution in [-0.4, -0.2) is 24.5 Å². The van der Waals surface area contributed by atoms with Gasteiger partial charge >= 0.3 is 13.8 Å². The van der Waals surface area contributed by atoms with Gasteiger partial charge in [-0.25, -0.2) is 0 Å². The number of nitrogens with one attached hydrogen (secondary N) is 1. The molecule has 0 unspecified atom stereocenters. The van der Waals surface area contributed by atoms with Gasteiger partial charge in [0, 0.05) is 18.0 Å². The smallest absolute Gasteiger partial charge is 0.397 e. The van der Waals surface area contributed by atoms with E-state index in [1.54, 1.807) is 13.8 Å². The molecule has 1 heterocycles. The zero-order valence-electron chi connectivity index (χ0n) is 14.9. The van der Waals surface area contributed by atoms with Crippen molar-refractivity contribution in [2.75, 3.05) is 30.6 Å². The second-order valence-electron chi connectivity index (χ2n) is 5.51. The Morgan fingerprint density at radius 3 is 2.41 bits per heavy atom. The number of rotatable bonds is 8. The molecule has 6 nitrogen and oxygen atoms in total. The van der Waals surface area contributed by atoms with Crippen LogP contribution in [-0.2, 0) is 19.8 Å². The number of anilines is 2. The standard InChI is InChI=1S/C17H21F3N3O3P/c1-3-25-27(24,26-4-2)11-23-16-8-13(12-6-5-7-22-10-12)14(9-15(16)21)17(18,19)20/h5-10,23H,3-4,11,21H2,1-2H3. The van der Waals surface area contributed by atoms with Crippen molar-refractivity contribution in [1.29, 1.82) is 0 Å². The summed E-state index contributed by atoms with van der Waals surface area (Å²) in [5, 5.41) is 2.79. The number of benzene rings is 1. The molecule has 0 saturated heterocycles. The second-order valence-corrected chi connectivity index (χ2v) is 7.56. The predicted octanol–water partition coefficient (Wildman–Crippen LogP) is 4.99. The third-order valence-electron chi connectivity index (χ3n) is 3.58. The fourth-order valence-electron chi connectivity index (χ4n) is 2.47. The molecule has 2 aromatic rings. The molecule has 10 heteroatoms. The molecule has 0 fully saturated rings. The Morgan fingerprint density at radius 1 is 1.22 bits per heavy atom. The van der Waals surface area contributed by atoms with Gasteiger partial charge < -0.3 is 20.1 Å². The van der Waals surface area contributed by atoms with E-state index in [0.717, 1.165) is 6.07 Å². The van der Waals surface area contributed by atoms with Crippen molar-refractivity contribution < 1.29 is 26.8 Å². The number of nitrogens with two attached hydrogens (primary N) is 1. The van der Waals surface area contributed by atoms with Gasteiger partial charge in [-0.2, -0.15) is 13.2 Å². The van der Waals surface area contributed by atoms with Crippen molar-refractivity contribution in [2.45, 2.75) is 20.0 Å². The first kappa shape index (κ1) is 21.2. The first-order chi connectivity index (χ1) is 12.7. The molecule has 0 atom stereocenters. The number of alkyl halides is 3. The lowest BCUT2D eigenvalue weighted by Crippen LogP contribution is -2.12. The molecule has 0 aliphatic rings. The summed E-state index contributed by atoms with van der Waals surface area (Å²) in [7, 11) is -3.44. The Morgan fingerprint density at radius 2 is 1.89 bits per heavy atom. The van der Waals surface area contributed by atoms with Gasteiger partial charge in [-0.15, -0.1) is 0 Å². The predicted molar refractivity (Wildman–Crippen MR) is 98.4 cm³/mol. The summed E-state index contributed by atoms with van der Waals surface area (Å²) in [5.41, 5.74) is 5.18. The summed E-state index contributed by atoms with van der Waals surface area (Å²) in [5.74, 6) is 0. The molecule has 1 aromatic carbocycles. The number of pyridine rings is 1. The molecule has 0 radical (unpaired) electrons. The molecule has 0 aliphatic carbocycles. The molecule has 27 heavy (non-hydrogen) atoms. The summed E-state index contributed by atoms with van der Waals surface area (Å²) < 4.78 is 63.2. The van der Waals surface area contributed by atoms with Crippen LogP contribution in [0.3, 0.4) is 0 Å². The molecular formula is C17H21F3N3O3P. The number of aromatic nitrogens is 1. The number of hydrogen-bond donors (Lipinski definition) is 2. The van der Waals surface area contributed by atoms with Gasteiger partial charge in [0.1, 0.15) is 6.29 Å². The van der Waals surface area contributed by atoms with Crippen molar-refractivity contribution in [3.63, 3.8) is 0 Å². The van der Waals surface area contributed by atoms with Crippen LogP contribution in [0, 0.1) is 0 Å². The Bertz CT molecular complexity index is 806. The monoisotopic (exact) mass is 403 g/mol. The highest BCUT2D eigenvalue weighted by Crippen LogP contribution is 2.48.